The van der Waals surface area contributed by atoms with Gasteiger partial charge in [-0.25, -0.2) is 8.42 Å². The SMILES string of the molecule is COc1cccc2c1-c1ccc(NS(C)(=O)=O)cc1C(c1cccc(C=Cc3ccccc3)c1)O2. The lowest BCUT2D eigenvalue weighted by Crippen LogP contribution is -2.17. The molecule has 0 amide bonds. The van der Waals surface area contributed by atoms with Gasteiger partial charge >= 0.3 is 0 Å². The summed E-state index contributed by atoms with van der Waals surface area (Å²) in [6.07, 6.45) is 4.86. The highest BCUT2D eigenvalue weighted by Crippen LogP contribution is 2.49. The maximum Gasteiger partial charge on any atom is 0.229 e. The fourth-order valence-electron chi connectivity index (χ4n) is 4.35. The zero-order valence-corrected chi connectivity index (χ0v) is 20.3. The van der Waals surface area contributed by atoms with Crippen LogP contribution in [0.15, 0.2) is 91.0 Å². The molecule has 0 bridgehead atoms. The van der Waals surface area contributed by atoms with Crippen molar-refractivity contribution in [1.82, 2.24) is 0 Å². The highest BCUT2D eigenvalue weighted by atomic mass is 32.2. The molecule has 4 aromatic rings. The van der Waals surface area contributed by atoms with Crippen LogP contribution in [-0.4, -0.2) is 21.8 Å². The number of benzene rings is 4. The number of sulfonamides is 1. The van der Waals surface area contributed by atoms with Gasteiger partial charge < -0.3 is 9.47 Å². The van der Waals surface area contributed by atoms with Crippen molar-refractivity contribution >= 4 is 27.9 Å². The molecule has 0 radical (unpaired) electrons. The summed E-state index contributed by atoms with van der Waals surface area (Å²) in [4.78, 5) is 0. The first-order valence-corrected chi connectivity index (χ1v) is 13.1. The van der Waals surface area contributed by atoms with Gasteiger partial charge in [0.05, 0.1) is 18.9 Å². The predicted octanol–water partition coefficient (Wildman–Crippen LogP) is 6.39. The maximum atomic E-state index is 11.9. The number of anilines is 1. The molecule has 0 spiro atoms. The largest absolute Gasteiger partial charge is 0.496 e. The molecule has 1 aliphatic heterocycles. The van der Waals surface area contributed by atoms with Gasteiger partial charge in [-0.05, 0) is 52.6 Å². The molecule has 5 rings (SSSR count). The molecule has 0 aliphatic carbocycles. The van der Waals surface area contributed by atoms with Crippen LogP contribution < -0.4 is 14.2 Å². The Bertz CT molecular complexity index is 1510. The zero-order chi connectivity index (χ0) is 24.4. The molecule has 5 nitrogen and oxygen atoms in total. The van der Waals surface area contributed by atoms with Crippen LogP contribution in [0.25, 0.3) is 23.3 Å². The lowest BCUT2D eigenvalue weighted by Gasteiger charge is -2.30. The Hall–Kier alpha value is -4.03. The zero-order valence-electron chi connectivity index (χ0n) is 19.4. The van der Waals surface area contributed by atoms with Crippen molar-refractivity contribution in [2.45, 2.75) is 6.10 Å². The van der Waals surface area contributed by atoms with Gasteiger partial charge in [-0.1, -0.05) is 72.8 Å². The second-order valence-corrected chi connectivity index (χ2v) is 10.2. The summed E-state index contributed by atoms with van der Waals surface area (Å²) in [5.41, 5.74) is 6.27. The van der Waals surface area contributed by atoms with E-state index in [2.05, 4.69) is 35.1 Å². The lowest BCUT2D eigenvalue weighted by atomic mass is 9.88. The first-order chi connectivity index (χ1) is 16.9. The van der Waals surface area contributed by atoms with Gasteiger partial charge in [-0.2, -0.15) is 0 Å². The molecule has 0 aromatic heterocycles. The van der Waals surface area contributed by atoms with E-state index < -0.39 is 16.1 Å². The molecular weight excluding hydrogens is 458 g/mol. The molecule has 4 aromatic carbocycles. The summed E-state index contributed by atoms with van der Waals surface area (Å²) < 4.78 is 38.5. The smallest absolute Gasteiger partial charge is 0.229 e. The molecule has 0 fully saturated rings. The summed E-state index contributed by atoms with van der Waals surface area (Å²) in [6, 6.07) is 29.5. The monoisotopic (exact) mass is 483 g/mol. The number of nitrogens with one attached hydrogen (secondary N) is 1. The molecule has 1 unspecified atom stereocenters. The van der Waals surface area contributed by atoms with Gasteiger partial charge in [0.2, 0.25) is 10.0 Å². The third kappa shape index (κ3) is 4.93. The van der Waals surface area contributed by atoms with Crippen LogP contribution in [0.4, 0.5) is 5.69 Å². The molecule has 35 heavy (non-hydrogen) atoms. The Morgan fingerprint density at radius 2 is 1.60 bits per heavy atom. The first kappa shape index (κ1) is 22.7. The quantitative estimate of drug-likeness (QED) is 0.323. The molecular formula is C29H25NO4S. The molecule has 1 atom stereocenters. The van der Waals surface area contributed by atoms with Crippen molar-refractivity contribution in [3.8, 4) is 22.6 Å². The van der Waals surface area contributed by atoms with E-state index >= 15 is 0 Å². The second-order valence-electron chi connectivity index (χ2n) is 8.42. The summed E-state index contributed by atoms with van der Waals surface area (Å²) in [5, 5.41) is 0. The first-order valence-electron chi connectivity index (χ1n) is 11.2. The van der Waals surface area contributed by atoms with E-state index in [4.69, 9.17) is 9.47 Å². The molecule has 1 heterocycles. The molecule has 0 saturated heterocycles. The van der Waals surface area contributed by atoms with E-state index in [-0.39, 0.29) is 0 Å². The molecule has 176 valence electrons. The summed E-state index contributed by atoms with van der Waals surface area (Å²) in [7, 11) is -1.80. The van der Waals surface area contributed by atoms with Gasteiger partial charge in [0.25, 0.3) is 0 Å². The minimum absolute atomic E-state index is 0.420. The van der Waals surface area contributed by atoms with Gasteiger partial charge in [0, 0.05) is 11.3 Å². The fourth-order valence-corrected chi connectivity index (χ4v) is 4.91. The maximum absolute atomic E-state index is 11.9. The van der Waals surface area contributed by atoms with Crippen LogP contribution in [0.2, 0.25) is 0 Å². The van der Waals surface area contributed by atoms with E-state index in [0.29, 0.717) is 11.4 Å². The number of hydrogen-bond acceptors (Lipinski definition) is 4. The van der Waals surface area contributed by atoms with Crippen molar-refractivity contribution in [3.63, 3.8) is 0 Å². The molecule has 1 N–H and O–H groups in total. The average molecular weight is 484 g/mol. The third-order valence-corrected chi connectivity index (χ3v) is 6.45. The topological polar surface area (TPSA) is 64.6 Å². The number of rotatable bonds is 6. The van der Waals surface area contributed by atoms with Gasteiger partial charge in [-0.15, -0.1) is 0 Å². The minimum Gasteiger partial charge on any atom is -0.496 e. The van der Waals surface area contributed by atoms with E-state index in [9.17, 15) is 8.42 Å². The van der Waals surface area contributed by atoms with E-state index in [0.717, 1.165) is 45.4 Å². The highest BCUT2D eigenvalue weighted by molar-refractivity contribution is 7.92. The Labute approximate surface area is 205 Å². The van der Waals surface area contributed by atoms with Crippen molar-refractivity contribution in [1.29, 1.82) is 0 Å². The Morgan fingerprint density at radius 1 is 0.857 bits per heavy atom. The van der Waals surface area contributed by atoms with Crippen LogP contribution in [0.3, 0.4) is 0 Å². The predicted molar refractivity (Wildman–Crippen MR) is 141 cm³/mol. The van der Waals surface area contributed by atoms with Gasteiger partial charge in [0.15, 0.2) is 0 Å². The number of methoxy groups -OCH3 is 1. The highest BCUT2D eigenvalue weighted by Gasteiger charge is 2.30. The lowest BCUT2D eigenvalue weighted by molar-refractivity contribution is 0.242. The van der Waals surface area contributed by atoms with E-state index in [1.807, 2.05) is 66.7 Å². The van der Waals surface area contributed by atoms with Gasteiger partial charge in [-0.3, -0.25) is 4.72 Å². The van der Waals surface area contributed by atoms with Crippen LogP contribution in [0.5, 0.6) is 11.5 Å². The molecule has 0 saturated carbocycles. The van der Waals surface area contributed by atoms with Crippen LogP contribution in [-0.2, 0) is 10.0 Å². The number of hydrogen-bond donors (Lipinski definition) is 1. The third-order valence-electron chi connectivity index (χ3n) is 5.84. The Balaban J connectivity index is 1.60. The summed E-state index contributed by atoms with van der Waals surface area (Å²) in [6.45, 7) is 0. The standard InChI is InChI=1S/C29H25NO4S/c1-33-26-12-7-13-27-28(26)24-17-16-23(30-35(2,31)32)19-25(24)29(34-27)22-11-6-10-21(18-22)15-14-20-8-4-3-5-9-20/h3-19,29-30H,1-2H3. The van der Waals surface area contributed by atoms with Crippen molar-refractivity contribution < 1.29 is 17.9 Å². The normalized spacial score (nSPS) is 14.6. The van der Waals surface area contributed by atoms with Crippen molar-refractivity contribution in [3.05, 3.63) is 113 Å². The summed E-state index contributed by atoms with van der Waals surface area (Å²) in [5.74, 6) is 1.42. The Kier molecular flexibility index (Phi) is 6.05. The summed E-state index contributed by atoms with van der Waals surface area (Å²) >= 11 is 0. The fraction of sp³-hybridized carbons (Fsp3) is 0.103. The van der Waals surface area contributed by atoms with Crippen LogP contribution in [0.1, 0.15) is 28.4 Å². The van der Waals surface area contributed by atoms with Gasteiger partial charge in [0.1, 0.15) is 17.6 Å². The van der Waals surface area contributed by atoms with Crippen LogP contribution >= 0.6 is 0 Å². The van der Waals surface area contributed by atoms with E-state index in [1.165, 1.54) is 0 Å². The van der Waals surface area contributed by atoms with Crippen molar-refractivity contribution in [2.75, 3.05) is 18.1 Å². The minimum atomic E-state index is -3.42. The van der Waals surface area contributed by atoms with Crippen LogP contribution in [0, 0.1) is 0 Å². The second kappa shape index (κ2) is 9.31. The Morgan fingerprint density at radius 3 is 2.37 bits per heavy atom. The number of fused-ring (bicyclic) bond motifs is 3. The number of ether oxygens (including phenoxy) is 2. The average Bonchev–Trinajstić information content (AvgIpc) is 2.86. The van der Waals surface area contributed by atoms with Crippen molar-refractivity contribution in [2.24, 2.45) is 0 Å². The molecule has 6 heteroatoms. The van der Waals surface area contributed by atoms with E-state index in [1.54, 1.807) is 13.2 Å². The molecule has 1 aliphatic rings.